The Labute approximate surface area is 119 Å². The minimum absolute atomic E-state index is 0.0193. The van der Waals surface area contributed by atoms with Gasteiger partial charge < -0.3 is 11.1 Å². The second-order valence-electron chi connectivity index (χ2n) is 4.89. The van der Waals surface area contributed by atoms with E-state index in [0.29, 0.717) is 24.1 Å². The van der Waals surface area contributed by atoms with Crippen LogP contribution in [0.2, 0.25) is 0 Å². The Hall–Kier alpha value is -1.44. The Morgan fingerprint density at radius 1 is 1.40 bits per heavy atom. The van der Waals surface area contributed by atoms with Crippen molar-refractivity contribution in [2.75, 3.05) is 5.32 Å². The van der Waals surface area contributed by atoms with Crippen molar-refractivity contribution in [1.29, 1.82) is 0 Å². The van der Waals surface area contributed by atoms with E-state index in [1.165, 1.54) is 6.07 Å². The maximum absolute atomic E-state index is 11.8. The largest absolute Gasteiger partial charge is 0.328 e. The topological polar surface area (TPSA) is 115 Å². The minimum atomic E-state index is -3.79. The van der Waals surface area contributed by atoms with Crippen LogP contribution in [0.25, 0.3) is 0 Å². The summed E-state index contributed by atoms with van der Waals surface area (Å²) in [6.45, 7) is 3.49. The van der Waals surface area contributed by atoms with E-state index < -0.39 is 10.0 Å². The predicted octanol–water partition coefficient (Wildman–Crippen LogP) is 1.10. The fourth-order valence-electron chi connectivity index (χ4n) is 1.86. The first kappa shape index (κ1) is 16.6. The second-order valence-corrected chi connectivity index (χ2v) is 6.42. The summed E-state index contributed by atoms with van der Waals surface area (Å²) in [4.78, 5) is 11.8. The summed E-state index contributed by atoms with van der Waals surface area (Å²) in [5, 5.41) is 7.81. The van der Waals surface area contributed by atoms with Gasteiger partial charge in [0.15, 0.2) is 0 Å². The number of anilines is 1. The molecule has 0 aliphatic carbocycles. The highest BCUT2D eigenvalue weighted by molar-refractivity contribution is 7.89. The van der Waals surface area contributed by atoms with Gasteiger partial charge in [0.05, 0.1) is 4.90 Å². The molecule has 1 aromatic carbocycles. The van der Waals surface area contributed by atoms with Crippen molar-refractivity contribution in [3.05, 3.63) is 23.8 Å². The maximum Gasteiger partial charge on any atom is 0.238 e. The summed E-state index contributed by atoms with van der Waals surface area (Å²) in [6, 6.07) is 4.67. The van der Waals surface area contributed by atoms with Gasteiger partial charge in [0.25, 0.3) is 0 Å². The van der Waals surface area contributed by atoms with E-state index in [0.717, 1.165) is 6.42 Å². The number of primary sulfonamides is 1. The number of hydrogen-bond acceptors (Lipinski definition) is 4. The summed E-state index contributed by atoms with van der Waals surface area (Å²) >= 11 is 0. The lowest BCUT2D eigenvalue weighted by Gasteiger charge is -2.11. The lowest BCUT2D eigenvalue weighted by Crippen LogP contribution is -2.18. The number of nitrogens with two attached hydrogens (primary N) is 2. The Balaban J connectivity index is 2.76. The molecule has 20 heavy (non-hydrogen) atoms. The van der Waals surface area contributed by atoms with Gasteiger partial charge in [-0.2, -0.15) is 0 Å². The number of carbonyl (C=O) groups is 1. The number of amides is 1. The highest BCUT2D eigenvalue weighted by Crippen LogP contribution is 2.22. The fraction of sp³-hybridized carbons (Fsp3) is 0.462. The third kappa shape index (κ3) is 4.92. The number of hydrogen-bond donors (Lipinski definition) is 3. The van der Waals surface area contributed by atoms with Crippen molar-refractivity contribution >= 4 is 21.6 Å². The number of carbonyl (C=O) groups excluding carboxylic acids is 1. The predicted molar refractivity (Wildman–Crippen MR) is 78.7 cm³/mol. The van der Waals surface area contributed by atoms with Gasteiger partial charge in [-0.1, -0.05) is 6.07 Å². The molecule has 0 aliphatic heterocycles. The summed E-state index contributed by atoms with van der Waals surface area (Å²) < 4.78 is 22.8. The molecule has 1 atom stereocenters. The highest BCUT2D eigenvalue weighted by Gasteiger charge is 2.14. The average molecular weight is 299 g/mol. The van der Waals surface area contributed by atoms with Gasteiger partial charge in [-0.05, 0) is 44.4 Å². The minimum Gasteiger partial charge on any atom is -0.328 e. The normalized spacial score (nSPS) is 13.0. The molecule has 1 unspecified atom stereocenters. The van der Waals surface area contributed by atoms with Gasteiger partial charge in [0, 0.05) is 18.2 Å². The number of rotatable bonds is 6. The molecule has 0 bridgehead atoms. The zero-order valence-corrected chi connectivity index (χ0v) is 12.5. The fourth-order valence-corrected chi connectivity index (χ4v) is 2.66. The van der Waals surface area contributed by atoms with Gasteiger partial charge in [0.1, 0.15) is 0 Å². The van der Waals surface area contributed by atoms with Crippen molar-refractivity contribution in [2.45, 2.75) is 44.0 Å². The lowest BCUT2D eigenvalue weighted by molar-refractivity contribution is -0.116. The second kappa shape index (κ2) is 6.83. The van der Waals surface area contributed by atoms with Crippen LogP contribution in [0.1, 0.15) is 31.7 Å². The molecule has 0 aromatic heterocycles. The van der Waals surface area contributed by atoms with E-state index in [1.54, 1.807) is 19.1 Å². The van der Waals surface area contributed by atoms with Crippen molar-refractivity contribution in [2.24, 2.45) is 10.9 Å². The summed E-state index contributed by atoms with van der Waals surface area (Å²) in [5.41, 5.74) is 6.51. The Morgan fingerprint density at radius 2 is 2.05 bits per heavy atom. The average Bonchev–Trinajstić information content (AvgIpc) is 2.29. The maximum atomic E-state index is 11.8. The first-order valence-electron chi connectivity index (χ1n) is 6.39. The van der Waals surface area contributed by atoms with Crippen molar-refractivity contribution in [1.82, 2.24) is 0 Å². The summed E-state index contributed by atoms with van der Waals surface area (Å²) in [5.74, 6) is -0.166. The molecule has 112 valence electrons. The van der Waals surface area contributed by atoms with E-state index in [2.05, 4.69) is 5.32 Å². The molecule has 0 spiro atoms. The van der Waals surface area contributed by atoms with Crippen LogP contribution in [0.4, 0.5) is 5.69 Å². The number of benzene rings is 1. The Morgan fingerprint density at radius 3 is 2.60 bits per heavy atom. The Bertz CT molecular complexity index is 583. The molecule has 0 fully saturated rings. The number of nitrogens with one attached hydrogen (secondary N) is 1. The number of sulfonamides is 1. The van der Waals surface area contributed by atoms with Crippen LogP contribution in [0.3, 0.4) is 0 Å². The zero-order valence-electron chi connectivity index (χ0n) is 11.7. The molecule has 1 amide bonds. The van der Waals surface area contributed by atoms with Gasteiger partial charge in [0.2, 0.25) is 15.9 Å². The molecule has 0 saturated carbocycles. The summed E-state index contributed by atoms with van der Waals surface area (Å²) in [7, 11) is -3.79. The van der Waals surface area contributed by atoms with E-state index >= 15 is 0 Å². The van der Waals surface area contributed by atoms with Crippen molar-refractivity contribution in [3.63, 3.8) is 0 Å². The lowest BCUT2D eigenvalue weighted by atomic mass is 10.1. The SMILES string of the molecule is Cc1c(NC(=O)CCCC(C)N)cccc1S(N)(=O)=O. The van der Waals surface area contributed by atoms with Gasteiger partial charge in [-0.15, -0.1) is 0 Å². The van der Waals surface area contributed by atoms with E-state index in [4.69, 9.17) is 10.9 Å². The first-order valence-corrected chi connectivity index (χ1v) is 7.94. The van der Waals surface area contributed by atoms with Crippen molar-refractivity contribution < 1.29 is 13.2 Å². The molecule has 0 saturated heterocycles. The quantitative estimate of drug-likeness (QED) is 0.729. The molecule has 5 N–H and O–H groups in total. The molecular formula is C13H21N3O3S. The summed E-state index contributed by atoms with van der Waals surface area (Å²) in [6.07, 6.45) is 1.81. The van der Waals surface area contributed by atoms with Crippen LogP contribution in [-0.2, 0) is 14.8 Å². The smallest absolute Gasteiger partial charge is 0.238 e. The Kier molecular flexibility index (Phi) is 5.67. The molecule has 1 rings (SSSR count). The highest BCUT2D eigenvalue weighted by atomic mass is 32.2. The van der Waals surface area contributed by atoms with Crippen LogP contribution in [0, 0.1) is 6.92 Å². The monoisotopic (exact) mass is 299 g/mol. The van der Waals surface area contributed by atoms with Crippen molar-refractivity contribution in [3.8, 4) is 0 Å². The van der Waals surface area contributed by atoms with Crippen LogP contribution in [-0.4, -0.2) is 20.4 Å². The van der Waals surface area contributed by atoms with E-state index in [-0.39, 0.29) is 16.8 Å². The van der Waals surface area contributed by atoms with Crippen LogP contribution >= 0.6 is 0 Å². The third-order valence-corrected chi connectivity index (χ3v) is 3.98. The third-order valence-electron chi connectivity index (χ3n) is 2.93. The standard InChI is InChI=1S/C13H21N3O3S/c1-9(14)5-3-8-13(17)16-11-6-4-7-12(10(11)2)20(15,18)19/h4,6-7,9H,3,5,8,14H2,1-2H3,(H,16,17)(H2,15,18,19). The van der Waals surface area contributed by atoms with Gasteiger partial charge in [-0.25, -0.2) is 13.6 Å². The first-order chi connectivity index (χ1) is 9.21. The van der Waals surface area contributed by atoms with Crippen LogP contribution in [0.5, 0.6) is 0 Å². The van der Waals surface area contributed by atoms with Crippen LogP contribution in [0.15, 0.2) is 23.1 Å². The molecule has 0 heterocycles. The zero-order chi connectivity index (χ0) is 15.3. The molecule has 6 nitrogen and oxygen atoms in total. The van der Waals surface area contributed by atoms with E-state index in [9.17, 15) is 13.2 Å². The molecule has 0 radical (unpaired) electrons. The van der Waals surface area contributed by atoms with Crippen LogP contribution < -0.4 is 16.2 Å². The van der Waals surface area contributed by atoms with E-state index in [1.807, 2.05) is 6.92 Å². The van der Waals surface area contributed by atoms with Gasteiger partial charge >= 0.3 is 0 Å². The molecular weight excluding hydrogens is 278 g/mol. The molecule has 7 heteroatoms. The molecule has 0 aliphatic rings. The molecule has 1 aromatic rings. The van der Waals surface area contributed by atoms with Gasteiger partial charge in [-0.3, -0.25) is 4.79 Å².